The molecule has 1 N–H and O–H groups in total. The van der Waals surface area contributed by atoms with Crippen LogP contribution in [0.1, 0.15) is 60.8 Å². The van der Waals surface area contributed by atoms with Gasteiger partial charge >= 0.3 is 5.24 Å². The number of carbonyl (C=O) groups excluding carboxylic acids is 2. The van der Waals surface area contributed by atoms with Gasteiger partial charge in [0.15, 0.2) is 11.5 Å². The van der Waals surface area contributed by atoms with Crippen LogP contribution in [-0.2, 0) is 6.54 Å². The predicted octanol–water partition coefficient (Wildman–Crippen LogP) is 5.91. The first-order valence-electron chi connectivity index (χ1n) is 13.1. The summed E-state index contributed by atoms with van der Waals surface area (Å²) in [6, 6.07) is 14.8. The molecule has 1 aromatic heterocycles. The molecule has 5 rings (SSSR count). The molecule has 0 radical (unpaired) electrons. The number of rotatable bonds is 9. The molecule has 1 aliphatic heterocycles. The Morgan fingerprint density at radius 1 is 1.08 bits per heavy atom. The Bertz CT molecular complexity index is 1340. The van der Waals surface area contributed by atoms with Gasteiger partial charge in [0.2, 0.25) is 5.82 Å². The molecule has 1 atom stereocenters. The third kappa shape index (κ3) is 6.39. The van der Waals surface area contributed by atoms with Gasteiger partial charge < -0.3 is 14.8 Å². The van der Waals surface area contributed by atoms with Crippen LogP contribution in [0, 0.1) is 0 Å². The van der Waals surface area contributed by atoms with E-state index < -0.39 is 0 Å². The Morgan fingerprint density at radius 2 is 1.82 bits per heavy atom. The fourth-order valence-electron chi connectivity index (χ4n) is 4.68. The molecule has 1 aliphatic carbocycles. The van der Waals surface area contributed by atoms with Gasteiger partial charge in [-0.2, -0.15) is 5.10 Å². The van der Waals surface area contributed by atoms with Gasteiger partial charge in [0, 0.05) is 23.6 Å². The number of carbonyl (C=O) groups is 2. The van der Waals surface area contributed by atoms with Crippen molar-refractivity contribution in [1.29, 1.82) is 0 Å². The summed E-state index contributed by atoms with van der Waals surface area (Å²) < 4.78 is 11.9. The summed E-state index contributed by atoms with van der Waals surface area (Å²) in [6.45, 7) is 2.37. The molecule has 1 saturated carbocycles. The molecule has 3 aromatic rings. The second-order valence-electron chi connectivity index (χ2n) is 9.44. The van der Waals surface area contributed by atoms with Crippen molar-refractivity contribution in [2.75, 3.05) is 12.4 Å². The summed E-state index contributed by atoms with van der Waals surface area (Å²) in [7, 11) is 1.64. The van der Waals surface area contributed by atoms with Crippen molar-refractivity contribution in [2.45, 2.75) is 56.9 Å². The van der Waals surface area contributed by atoms with Crippen LogP contribution in [0.4, 0.5) is 10.5 Å². The predicted molar refractivity (Wildman–Crippen MR) is 151 cm³/mol. The van der Waals surface area contributed by atoms with Crippen molar-refractivity contribution >= 4 is 34.3 Å². The summed E-state index contributed by atoms with van der Waals surface area (Å²) in [5.74, 6) is 1.12. The molecule has 2 aromatic carbocycles. The number of nitrogens with one attached hydrogen (secondary N) is 1. The molecular weight excluding hydrogens is 514 g/mol. The van der Waals surface area contributed by atoms with E-state index in [4.69, 9.17) is 14.6 Å². The number of methoxy groups -OCH3 is 1. The van der Waals surface area contributed by atoms with Crippen molar-refractivity contribution in [3.8, 4) is 11.5 Å². The van der Waals surface area contributed by atoms with E-state index in [1.54, 1.807) is 25.3 Å². The molecule has 1 fully saturated rings. The number of amides is 2. The van der Waals surface area contributed by atoms with Gasteiger partial charge in [-0.1, -0.05) is 30.8 Å². The average Bonchev–Trinajstić information content (AvgIpc) is 3.48. The lowest BCUT2D eigenvalue weighted by atomic mass is 10.0. The molecule has 0 bridgehead atoms. The summed E-state index contributed by atoms with van der Waals surface area (Å²) in [5.41, 5.74) is 3.25. The number of benzene rings is 2. The highest BCUT2D eigenvalue weighted by atomic mass is 32.2. The molecule has 2 amide bonds. The molecule has 0 saturated heterocycles. The highest BCUT2D eigenvalue weighted by Gasteiger charge is 2.31. The number of hydrogen-bond acceptors (Lipinski definition) is 8. The number of hydrazone groups is 1. The van der Waals surface area contributed by atoms with E-state index in [9.17, 15) is 9.59 Å². The van der Waals surface area contributed by atoms with E-state index in [-0.39, 0.29) is 28.3 Å². The monoisotopic (exact) mass is 545 g/mol. The second kappa shape index (κ2) is 12.3. The minimum atomic E-state index is -0.387. The minimum Gasteiger partial charge on any atom is -0.493 e. The highest BCUT2D eigenvalue weighted by molar-refractivity contribution is 8.14. The number of aromatic nitrogens is 2. The van der Waals surface area contributed by atoms with E-state index in [1.165, 1.54) is 42.0 Å². The fourth-order valence-corrected chi connectivity index (χ4v) is 5.61. The lowest BCUT2D eigenvalue weighted by molar-refractivity contribution is 0.101. The molecule has 10 heteroatoms. The average molecular weight is 546 g/mol. The highest BCUT2D eigenvalue weighted by Crippen LogP contribution is 2.36. The van der Waals surface area contributed by atoms with E-state index in [2.05, 4.69) is 22.2 Å². The Morgan fingerprint density at radius 3 is 2.51 bits per heavy atom. The van der Waals surface area contributed by atoms with Crippen LogP contribution >= 0.6 is 11.8 Å². The van der Waals surface area contributed by atoms with Crippen LogP contribution in [0.2, 0.25) is 0 Å². The zero-order valence-electron chi connectivity index (χ0n) is 22.0. The first-order chi connectivity index (χ1) is 19.0. The SMILES string of the molecule is CCC1SC(=O)N(Cc2ccc(NC(=O)c3ncccn3)cc2)N=C1c1ccc(OC)c(OC2CCCC2)c1. The summed E-state index contributed by atoms with van der Waals surface area (Å²) in [4.78, 5) is 33.2. The first kappa shape index (κ1) is 26.7. The van der Waals surface area contributed by atoms with Crippen LogP contribution in [0.25, 0.3) is 0 Å². The standard InChI is InChI=1S/C29H31N5O4S/c1-3-25-26(20-11-14-23(37-2)24(17-20)38-22-7-4-5-8-22)33-34(29(36)39-25)18-19-9-12-21(13-10-19)32-28(35)27-30-15-6-16-31-27/h6,9-17,22,25H,3-5,7-8,18H2,1-2H3,(H,32,35). The molecule has 9 nitrogen and oxygen atoms in total. The first-order valence-corrected chi connectivity index (χ1v) is 14.0. The smallest absolute Gasteiger partial charge is 0.302 e. The Balaban J connectivity index is 1.33. The summed E-state index contributed by atoms with van der Waals surface area (Å²) >= 11 is 1.29. The van der Waals surface area contributed by atoms with Crippen molar-refractivity contribution < 1.29 is 19.1 Å². The Kier molecular flexibility index (Phi) is 8.41. The maximum atomic E-state index is 13.0. The van der Waals surface area contributed by atoms with Gasteiger partial charge in [-0.25, -0.2) is 15.0 Å². The molecular formula is C29H31N5O4S. The van der Waals surface area contributed by atoms with Crippen molar-refractivity contribution in [3.05, 3.63) is 77.9 Å². The lowest BCUT2D eigenvalue weighted by Crippen LogP contribution is -2.34. The number of thioether (sulfide) groups is 1. The van der Waals surface area contributed by atoms with E-state index >= 15 is 0 Å². The van der Waals surface area contributed by atoms with E-state index in [0.717, 1.165) is 36.1 Å². The van der Waals surface area contributed by atoms with Gasteiger partial charge in [0.05, 0.1) is 30.7 Å². The Labute approximate surface area is 232 Å². The third-order valence-electron chi connectivity index (χ3n) is 6.73. The quantitative estimate of drug-likeness (QED) is 0.356. The van der Waals surface area contributed by atoms with Crippen LogP contribution in [0.5, 0.6) is 11.5 Å². The van der Waals surface area contributed by atoms with E-state index in [0.29, 0.717) is 23.7 Å². The number of hydrogen-bond donors (Lipinski definition) is 1. The van der Waals surface area contributed by atoms with Crippen LogP contribution in [0.3, 0.4) is 0 Å². The molecule has 1 unspecified atom stereocenters. The van der Waals surface area contributed by atoms with Gasteiger partial charge in [-0.3, -0.25) is 9.59 Å². The third-order valence-corrected chi connectivity index (χ3v) is 7.98. The molecule has 0 spiro atoms. The zero-order valence-corrected chi connectivity index (χ0v) is 22.8. The molecule has 2 aliphatic rings. The number of ether oxygens (including phenoxy) is 2. The normalized spacial score (nSPS) is 17.6. The zero-order chi connectivity index (χ0) is 27.2. The summed E-state index contributed by atoms with van der Waals surface area (Å²) in [6.07, 6.45) is 8.47. The maximum absolute atomic E-state index is 13.0. The largest absolute Gasteiger partial charge is 0.493 e. The lowest BCUT2D eigenvalue weighted by Gasteiger charge is -2.29. The van der Waals surface area contributed by atoms with Gasteiger partial charge in [0.25, 0.3) is 5.91 Å². The maximum Gasteiger partial charge on any atom is 0.302 e. The van der Waals surface area contributed by atoms with Crippen LogP contribution in [0.15, 0.2) is 66.0 Å². The van der Waals surface area contributed by atoms with Crippen LogP contribution < -0.4 is 14.8 Å². The minimum absolute atomic E-state index is 0.0562. The number of nitrogens with zero attached hydrogens (tertiary/aromatic N) is 4. The topological polar surface area (TPSA) is 106 Å². The van der Waals surface area contributed by atoms with Crippen LogP contribution in [-0.4, -0.2) is 50.3 Å². The Hall–Kier alpha value is -3.92. The second-order valence-corrected chi connectivity index (χ2v) is 10.6. The molecule has 39 heavy (non-hydrogen) atoms. The molecule has 202 valence electrons. The summed E-state index contributed by atoms with van der Waals surface area (Å²) in [5, 5.41) is 8.94. The van der Waals surface area contributed by atoms with Gasteiger partial charge in [-0.05, 0) is 74.1 Å². The van der Waals surface area contributed by atoms with Crippen molar-refractivity contribution in [2.24, 2.45) is 5.10 Å². The van der Waals surface area contributed by atoms with Gasteiger partial charge in [-0.15, -0.1) is 0 Å². The van der Waals surface area contributed by atoms with Gasteiger partial charge in [0.1, 0.15) is 0 Å². The fraction of sp³-hybridized carbons (Fsp3) is 0.345. The number of anilines is 1. The van der Waals surface area contributed by atoms with E-state index in [1.807, 2.05) is 30.3 Å². The van der Waals surface area contributed by atoms with Crippen molar-refractivity contribution in [3.63, 3.8) is 0 Å². The van der Waals surface area contributed by atoms with Crippen molar-refractivity contribution in [1.82, 2.24) is 15.0 Å². The molecule has 2 heterocycles.